The van der Waals surface area contributed by atoms with E-state index in [9.17, 15) is 10.2 Å². The van der Waals surface area contributed by atoms with Crippen LogP contribution >= 0.6 is 0 Å². The molecule has 0 spiro atoms. The van der Waals surface area contributed by atoms with E-state index >= 15 is 0 Å². The molecule has 2 N–H and O–H groups in total. The monoisotopic (exact) mass is 644 g/mol. The minimum atomic E-state index is -0.270. The number of phenols is 2. The summed E-state index contributed by atoms with van der Waals surface area (Å²) in [7, 11) is 0. The molecule has 0 fully saturated rings. The average molecular weight is 645 g/mol. The Morgan fingerprint density at radius 3 is 1.06 bits per heavy atom. The Morgan fingerprint density at radius 2 is 0.755 bits per heavy atom. The van der Waals surface area contributed by atoms with Crippen LogP contribution in [0.15, 0.2) is 168 Å². The SMILES string of the molecule is CC(C)(CN=Cc1cc(N(c2ccccc2)c2ccccc2)ccc1O)CN=Cc1cc(N(c2ccccc2)c2ccccc2)ccc1O. The summed E-state index contributed by atoms with van der Waals surface area (Å²) < 4.78 is 0. The zero-order chi connectivity index (χ0) is 34.1. The predicted octanol–water partition coefficient (Wildman–Crippen LogP) is 10.6. The molecule has 0 unspecified atom stereocenters. The van der Waals surface area contributed by atoms with Gasteiger partial charge in [-0.3, -0.25) is 9.98 Å². The van der Waals surface area contributed by atoms with E-state index in [1.807, 2.05) is 97.1 Å². The van der Waals surface area contributed by atoms with Gasteiger partial charge >= 0.3 is 0 Å². The van der Waals surface area contributed by atoms with Gasteiger partial charge in [-0.2, -0.15) is 0 Å². The van der Waals surface area contributed by atoms with E-state index in [2.05, 4.69) is 72.2 Å². The molecule has 6 aromatic carbocycles. The molecule has 0 atom stereocenters. The Morgan fingerprint density at radius 1 is 0.449 bits per heavy atom. The van der Waals surface area contributed by atoms with Gasteiger partial charge in [0.2, 0.25) is 0 Å². The molecule has 6 rings (SSSR count). The van der Waals surface area contributed by atoms with Crippen LogP contribution in [-0.4, -0.2) is 35.7 Å². The van der Waals surface area contributed by atoms with Crippen LogP contribution < -0.4 is 9.80 Å². The number of aliphatic imine (C=N–C) groups is 2. The van der Waals surface area contributed by atoms with Crippen molar-refractivity contribution in [3.05, 3.63) is 169 Å². The second-order valence-corrected chi connectivity index (χ2v) is 12.6. The van der Waals surface area contributed by atoms with E-state index in [1.165, 1.54) is 0 Å². The molecule has 0 bridgehead atoms. The number of hydrogen-bond acceptors (Lipinski definition) is 6. The topological polar surface area (TPSA) is 71.7 Å². The lowest BCUT2D eigenvalue weighted by Gasteiger charge is -2.26. The van der Waals surface area contributed by atoms with Crippen molar-refractivity contribution in [1.82, 2.24) is 0 Å². The summed E-state index contributed by atoms with van der Waals surface area (Å²) in [6, 6.07) is 51.8. The van der Waals surface area contributed by atoms with Crippen LogP contribution in [0.4, 0.5) is 34.1 Å². The molecule has 0 amide bonds. The number of phenolic OH excluding ortho intramolecular Hbond substituents is 2. The number of rotatable bonds is 12. The van der Waals surface area contributed by atoms with Crippen molar-refractivity contribution in [3.8, 4) is 11.5 Å². The highest BCUT2D eigenvalue weighted by Crippen LogP contribution is 2.37. The number of hydrogen-bond donors (Lipinski definition) is 2. The number of benzene rings is 6. The Balaban J connectivity index is 1.17. The predicted molar refractivity (Wildman–Crippen MR) is 204 cm³/mol. The zero-order valence-corrected chi connectivity index (χ0v) is 27.8. The fourth-order valence-electron chi connectivity index (χ4n) is 5.60. The largest absolute Gasteiger partial charge is 0.507 e. The normalized spacial score (nSPS) is 11.6. The molecule has 0 saturated carbocycles. The van der Waals surface area contributed by atoms with Crippen molar-refractivity contribution in [2.45, 2.75) is 13.8 Å². The highest BCUT2D eigenvalue weighted by Gasteiger charge is 2.18. The standard InChI is InChI=1S/C43H40N4O2/c1-43(2,31-44-29-33-27-39(23-25-41(33)48)46(35-15-7-3-8-16-35)36-17-9-4-10-18-36)32-45-30-34-28-40(24-26-42(34)49)47(37-19-11-5-12-20-37)38-21-13-6-14-22-38/h3-30,48-49H,31-32H2,1-2H3. The van der Waals surface area contributed by atoms with Gasteiger partial charge in [-0.15, -0.1) is 0 Å². The molecule has 6 aromatic rings. The first-order chi connectivity index (χ1) is 23.9. The average Bonchev–Trinajstić information content (AvgIpc) is 3.13. The maximum atomic E-state index is 10.7. The van der Waals surface area contributed by atoms with Gasteiger partial charge < -0.3 is 20.0 Å². The van der Waals surface area contributed by atoms with Crippen LogP contribution in [-0.2, 0) is 0 Å². The first-order valence-corrected chi connectivity index (χ1v) is 16.3. The second kappa shape index (κ2) is 15.2. The lowest BCUT2D eigenvalue weighted by molar-refractivity contribution is 0.396. The molecule has 0 heterocycles. The third-order valence-electron chi connectivity index (χ3n) is 8.10. The molecule has 0 aliphatic heterocycles. The highest BCUT2D eigenvalue weighted by atomic mass is 16.3. The van der Waals surface area contributed by atoms with E-state index in [0.29, 0.717) is 24.2 Å². The van der Waals surface area contributed by atoms with Crippen molar-refractivity contribution in [2.24, 2.45) is 15.4 Å². The quantitative estimate of drug-likeness (QED) is 0.130. The number of aromatic hydroxyl groups is 2. The van der Waals surface area contributed by atoms with Gasteiger partial charge in [0.15, 0.2) is 0 Å². The summed E-state index contributed by atoms with van der Waals surface area (Å²) in [6.07, 6.45) is 3.46. The third-order valence-corrected chi connectivity index (χ3v) is 8.10. The molecule has 0 saturated heterocycles. The fraction of sp³-hybridized carbons (Fsp3) is 0.116. The summed E-state index contributed by atoms with van der Waals surface area (Å²) in [5.41, 5.74) is 6.91. The minimum absolute atomic E-state index is 0.166. The van der Waals surface area contributed by atoms with Crippen molar-refractivity contribution in [2.75, 3.05) is 22.9 Å². The van der Waals surface area contributed by atoms with Gasteiger partial charge in [0.25, 0.3) is 0 Å². The van der Waals surface area contributed by atoms with Gasteiger partial charge in [-0.25, -0.2) is 0 Å². The van der Waals surface area contributed by atoms with Gasteiger partial charge in [0.05, 0.1) is 0 Å². The van der Waals surface area contributed by atoms with Crippen molar-refractivity contribution >= 4 is 46.6 Å². The Bertz CT molecular complexity index is 1790. The van der Waals surface area contributed by atoms with Crippen LogP contribution in [0, 0.1) is 5.41 Å². The molecule has 6 heteroatoms. The maximum Gasteiger partial charge on any atom is 0.124 e. The second-order valence-electron chi connectivity index (χ2n) is 12.6. The lowest BCUT2D eigenvalue weighted by atomic mass is 9.94. The van der Waals surface area contributed by atoms with E-state index in [4.69, 9.17) is 9.98 Å². The van der Waals surface area contributed by atoms with Crippen LogP contribution in [0.5, 0.6) is 11.5 Å². The molecule has 0 aromatic heterocycles. The molecule has 0 aliphatic carbocycles. The van der Waals surface area contributed by atoms with Gasteiger partial charge in [-0.05, 0) is 84.9 Å². The molecule has 244 valence electrons. The highest BCUT2D eigenvalue weighted by molar-refractivity contribution is 5.89. The molecule has 6 nitrogen and oxygen atoms in total. The molecular formula is C43H40N4O2. The molecule has 0 aliphatic rings. The first-order valence-electron chi connectivity index (χ1n) is 16.3. The van der Waals surface area contributed by atoms with Crippen molar-refractivity contribution in [1.29, 1.82) is 0 Å². The Labute approximate surface area is 288 Å². The van der Waals surface area contributed by atoms with Crippen molar-refractivity contribution in [3.63, 3.8) is 0 Å². The summed E-state index contributed by atoms with van der Waals surface area (Å²) in [6.45, 7) is 5.20. The van der Waals surface area contributed by atoms with E-state index in [1.54, 1.807) is 24.6 Å². The molecular weight excluding hydrogens is 604 g/mol. The molecule has 0 radical (unpaired) electrons. The summed E-state index contributed by atoms with van der Waals surface area (Å²) in [5, 5.41) is 21.5. The summed E-state index contributed by atoms with van der Waals surface area (Å²) in [4.78, 5) is 13.8. The van der Waals surface area contributed by atoms with Crippen LogP contribution in [0.2, 0.25) is 0 Å². The van der Waals surface area contributed by atoms with Crippen LogP contribution in [0.25, 0.3) is 0 Å². The first kappa shape index (κ1) is 32.8. The zero-order valence-electron chi connectivity index (χ0n) is 27.8. The van der Waals surface area contributed by atoms with Gasteiger partial charge in [0.1, 0.15) is 11.5 Å². The number of anilines is 6. The number of nitrogens with zero attached hydrogens (tertiary/aromatic N) is 4. The summed E-state index contributed by atoms with van der Waals surface area (Å²) in [5.74, 6) is 0.333. The van der Waals surface area contributed by atoms with E-state index in [-0.39, 0.29) is 16.9 Å². The van der Waals surface area contributed by atoms with Gasteiger partial charge in [0, 0.05) is 76.2 Å². The van der Waals surface area contributed by atoms with Crippen LogP contribution in [0.3, 0.4) is 0 Å². The summed E-state index contributed by atoms with van der Waals surface area (Å²) >= 11 is 0. The molecule has 49 heavy (non-hydrogen) atoms. The lowest BCUT2D eigenvalue weighted by Crippen LogP contribution is -2.20. The Kier molecular flexibility index (Phi) is 10.2. The van der Waals surface area contributed by atoms with Crippen molar-refractivity contribution < 1.29 is 10.2 Å². The van der Waals surface area contributed by atoms with Gasteiger partial charge in [-0.1, -0.05) is 86.6 Å². The Hall–Kier alpha value is -6.14. The fourth-order valence-corrected chi connectivity index (χ4v) is 5.60. The van der Waals surface area contributed by atoms with E-state index in [0.717, 1.165) is 34.1 Å². The minimum Gasteiger partial charge on any atom is -0.507 e. The van der Waals surface area contributed by atoms with E-state index < -0.39 is 0 Å². The third kappa shape index (κ3) is 8.24. The van der Waals surface area contributed by atoms with Crippen LogP contribution in [0.1, 0.15) is 25.0 Å². The number of para-hydroxylation sites is 4. The maximum absolute atomic E-state index is 10.7. The smallest absolute Gasteiger partial charge is 0.124 e.